The van der Waals surface area contributed by atoms with Gasteiger partial charge in [-0.25, -0.2) is 17.6 Å². The van der Waals surface area contributed by atoms with Crippen LogP contribution in [0.2, 0.25) is 0 Å². The molecule has 2 rings (SSSR count). The lowest BCUT2D eigenvalue weighted by molar-refractivity contribution is -0.143. The van der Waals surface area contributed by atoms with Gasteiger partial charge >= 0.3 is 12.2 Å². The fourth-order valence-electron chi connectivity index (χ4n) is 2.91. The molecule has 0 aliphatic carbocycles. The lowest BCUT2D eigenvalue weighted by Crippen LogP contribution is -2.48. The van der Waals surface area contributed by atoms with Crippen molar-refractivity contribution >= 4 is 15.9 Å². The van der Waals surface area contributed by atoms with Gasteiger partial charge in [-0.05, 0) is 19.8 Å². The van der Waals surface area contributed by atoms with Crippen molar-refractivity contribution in [1.29, 1.82) is 0 Å². The molecule has 1 atom stereocenters. The summed E-state index contributed by atoms with van der Waals surface area (Å²) in [7, 11) is -3.85. The maximum absolute atomic E-state index is 15.2. The maximum Gasteiger partial charge on any atom is 0.436 e. The average molecular weight is 386 g/mol. The highest BCUT2D eigenvalue weighted by Gasteiger charge is 2.52. The first-order valence-corrected chi connectivity index (χ1v) is 8.85. The predicted molar refractivity (Wildman–Crippen MR) is 78.8 cm³/mol. The summed E-state index contributed by atoms with van der Waals surface area (Å²) in [4.78, 5) is 11.1. The lowest BCUT2D eigenvalue weighted by Gasteiger charge is -2.36. The third-order valence-electron chi connectivity index (χ3n) is 4.41. The van der Waals surface area contributed by atoms with Crippen molar-refractivity contribution in [3.05, 3.63) is 11.9 Å². The Kier molecular flexibility index (Phi) is 4.79. The van der Waals surface area contributed by atoms with Gasteiger partial charge in [0.05, 0.1) is 0 Å². The number of hydrogen-bond acceptors (Lipinski definition) is 4. The molecule has 12 heteroatoms. The van der Waals surface area contributed by atoms with Crippen LogP contribution in [0, 0.1) is 5.92 Å². The van der Waals surface area contributed by atoms with Gasteiger partial charge in [0.1, 0.15) is 4.90 Å². The van der Waals surface area contributed by atoms with Crippen molar-refractivity contribution < 1.29 is 30.8 Å². The highest BCUT2D eigenvalue weighted by atomic mass is 32.2. The third kappa shape index (κ3) is 3.44. The number of primary amides is 1. The number of rotatable bonds is 3. The Labute approximate surface area is 141 Å². The molecular formula is C13H18F4N4O3S. The zero-order valence-electron chi connectivity index (χ0n) is 13.5. The molecule has 0 aromatic carbocycles. The standard InChI is InChI=1S/C13H18F4N4O3S/c1-12(14,8-3-5-21(6-4-8)11(18)22)25(23,24)9-7-20(2)19-10(9)13(15,16)17/h7-8H,3-6H2,1-2H3,(H2,18,22). The third-order valence-corrected chi connectivity index (χ3v) is 6.68. The smallest absolute Gasteiger partial charge is 0.351 e. The molecule has 1 unspecified atom stereocenters. The summed E-state index contributed by atoms with van der Waals surface area (Å²) >= 11 is 0. The van der Waals surface area contributed by atoms with Gasteiger partial charge < -0.3 is 10.6 Å². The van der Waals surface area contributed by atoms with Crippen LogP contribution in [0.5, 0.6) is 0 Å². The van der Waals surface area contributed by atoms with Crippen LogP contribution in [-0.4, -0.2) is 47.2 Å². The fourth-order valence-corrected chi connectivity index (χ4v) is 4.72. The zero-order chi connectivity index (χ0) is 19.2. The summed E-state index contributed by atoms with van der Waals surface area (Å²) in [6.45, 7) is 0.822. The van der Waals surface area contributed by atoms with E-state index in [0.717, 1.165) is 14.0 Å². The lowest BCUT2D eigenvalue weighted by atomic mass is 9.92. The number of urea groups is 1. The predicted octanol–water partition coefficient (Wildman–Crippen LogP) is 1.69. The monoisotopic (exact) mass is 386 g/mol. The minimum atomic E-state index is -5.03. The molecule has 1 saturated heterocycles. The van der Waals surface area contributed by atoms with Crippen molar-refractivity contribution in [3.63, 3.8) is 0 Å². The topological polar surface area (TPSA) is 98.3 Å². The number of piperidine rings is 1. The Hall–Kier alpha value is -1.85. The van der Waals surface area contributed by atoms with Gasteiger partial charge in [-0.15, -0.1) is 0 Å². The Morgan fingerprint density at radius 3 is 2.24 bits per heavy atom. The molecule has 1 aromatic rings. The van der Waals surface area contributed by atoms with E-state index in [1.54, 1.807) is 0 Å². The number of halogens is 4. The number of hydrogen-bond donors (Lipinski definition) is 1. The zero-order valence-corrected chi connectivity index (χ0v) is 14.4. The number of nitrogens with zero attached hydrogens (tertiary/aromatic N) is 3. The highest BCUT2D eigenvalue weighted by Crippen LogP contribution is 2.42. The molecule has 1 fully saturated rings. The number of amides is 2. The Morgan fingerprint density at radius 2 is 1.80 bits per heavy atom. The average Bonchev–Trinajstić information content (AvgIpc) is 2.90. The number of carbonyl (C=O) groups is 1. The van der Waals surface area contributed by atoms with Gasteiger partial charge in [-0.3, -0.25) is 4.68 Å². The van der Waals surface area contributed by atoms with Crippen LogP contribution in [0.15, 0.2) is 11.1 Å². The quantitative estimate of drug-likeness (QED) is 0.799. The second-order valence-corrected chi connectivity index (χ2v) is 8.35. The van der Waals surface area contributed by atoms with Crippen LogP contribution in [0.25, 0.3) is 0 Å². The van der Waals surface area contributed by atoms with Crippen molar-refractivity contribution in [2.75, 3.05) is 13.1 Å². The normalized spacial score (nSPS) is 19.7. The SMILES string of the molecule is Cn1cc(S(=O)(=O)C(C)(F)C2CCN(C(N)=O)CC2)c(C(F)(F)F)n1. The largest absolute Gasteiger partial charge is 0.436 e. The molecule has 2 amide bonds. The van der Waals surface area contributed by atoms with E-state index in [0.29, 0.717) is 10.9 Å². The molecule has 2 N–H and O–H groups in total. The first-order valence-electron chi connectivity index (χ1n) is 7.37. The second kappa shape index (κ2) is 6.15. The number of likely N-dealkylation sites (tertiary alicyclic amines) is 1. The van der Waals surface area contributed by atoms with E-state index >= 15 is 4.39 Å². The summed E-state index contributed by atoms with van der Waals surface area (Å²) in [6, 6.07) is -0.714. The van der Waals surface area contributed by atoms with Gasteiger partial charge in [-0.2, -0.15) is 18.3 Å². The molecule has 1 aliphatic rings. The van der Waals surface area contributed by atoms with Crippen LogP contribution in [0.3, 0.4) is 0 Å². The molecule has 1 aliphatic heterocycles. The molecule has 2 heterocycles. The molecule has 0 saturated carbocycles. The van der Waals surface area contributed by atoms with Crippen LogP contribution in [0.1, 0.15) is 25.5 Å². The summed E-state index contributed by atoms with van der Waals surface area (Å²) in [6.07, 6.45) is -4.45. The van der Waals surface area contributed by atoms with Crippen LogP contribution >= 0.6 is 0 Å². The molecular weight excluding hydrogens is 368 g/mol. The van der Waals surface area contributed by atoms with Gasteiger partial charge in [-0.1, -0.05) is 0 Å². The number of aryl methyl sites for hydroxylation is 1. The number of alkyl halides is 4. The summed E-state index contributed by atoms with van der Waals surface area (Å²) in [5, 5.41) is 0.174. The molecule has 25 heavy (non-hydrogen) atoms. The molecule has 0 radical (unpaired) electrons. The minimum Gasteiger partial charge on any atom is -0.351 e. The Morgan fingerprint density at radius 1 is 1.28 bits per heavy atom. The van der Waals surface area contributed by atoms with Crippen LogP contribution in [-0.2, 0) is 23.1 Å². The molecule has 142 valence electrons. The van der Waals surface area contributed by atoms with E-state index in [1.807, 2.05) is 0 Å². The van der Waals surface area contributed by atoms with Crippen molar-refractivity contribution in [1.82, 2.24) is 14.7 Å². The van der Waals surface area contributed by atoms with E-state index in [-0.39, 0.29) is 25.9 Å². The first kappa shape index (κ1) is 19.5. The fraction of sp³-hybridized carbons (Fsp3) is 0.692. The van der Waals surface area contributed by atoms with Crippen LogP contribution in [0.4, 0.5) is 22.4 Å². The number of carbonyl (C=O) groups excluding carboxylic acids is 1. The van der Waals surface area contributed by atoms with Gasteiger partial charge in [0, 0.05) is 32.3 Å². The van der Waals surface area contributed by atoms with Crippen LogP contribution < -0.4 is 5.73 Å². The molecule has 7 nitrogen and oxygen atoms in total. The minimum absolute atomic E-state index is 0.0310. The van der Waals surface area contributed by atoms with E-state index in [4.69, 9.17) is 5.73 Å². The van der Waals surface area contributed by atoms with E-state index < -0.39 is 43.6 Å². The Balaban J connectivity index is 2.38. The molecule has 1 aromatic heterocycles. The van der Waals surface area contributed by atoms with Gasteiger partial charge in [0.25, 0.3) is 0 Å². The number of aromatic nitrogens is 2. The van der Waals surface area contributed by atoms with E-state index in [1.165, 1.54) is 4.90 Å². The first-order chi connectivity index (χ1) is 11.3. The van der Waals surface area contributed by atoms with Crippen molar-refractivity contribution in [3.8, 4) is 0 Å². The summed E-state index contributed by atoms with van der Waals surface area (Å²) in [5.74, 6) is -1.07. The van der Waals surface area contributed by atoms with E-state index in [2.05, 4.69) is 5.10 Å². The number of nitrogens with two attached hydrogens (primary N) is 1. The van der Waals surface area contributed by atoms with Crippen molar-refractivity contribution in [2.45, 2.75) is 35.8 Å². The number of sulfone groups is 1. The van der Waals surface area contributed by atoms with Gasteiger partial charge in [0.15, 0.2) is 5.69 Å². The highest BCUT2D eigenvalue weighted by molar-refractivity contribution is 7.92. The Bertz CT molecular complexity index is 765. The second-order valence-electron chi connectivity index (χ2n) is 6.10. The summed E-state index contributed by atoms with van der Waals surface area (Å²) < 4.78 is 80.3. The van der Waals surface area contributed by atoms with Gasteiger partial charge in [0.2, 0.25) is 14.8 Å². The summed E-state index contributed by atoms with van der Waals surface area (Å²) in [5.41, 5.74) is 3.46. The maximum atomic E-state index is 15.2. The molecule has 0 spiro atoms. The molecule has 0 bridgehead atoms. The van der Waals surface area contributed by atoms with E-state index in [9.17, 15) is 26.4 Å². The van der Waals surface area contributed by atoms with Crippen molar-refractivity contribution in [2.24, 2.45) is 18.7 Å².